The fourth-order valence-corrected chi connectivity index (χ4v) is 2.56. The Morgan fingerprint density at radius 2 is 2.19 bits per heavy atom. The summed E-state index contributed by atoms with van der Waals surface area (Å²) in [5.74, 6) is -0.148. The number of likely N-dealkylation sites (N-methyl/N-ethyl adjacent to an activating group) is 1. The van der Waals surface area contributed by atoms with Crippen LogP contribution in [-0.4, -0.2) is 60.9 Å². The van der Waals surface area contributed by atoms with Crippen molar-refractivity contribution in [3.8, 4) is 0 Å². The van der Waals surface area contributed by atoms with Crippen molar-refractivity contribution >= 4 is 17.3 Å². The standard InChI is InChI=1S/C14H20N4O3/c1-15-12-5-4-10(8-13(12)18(20)21)14(19)17-7-6-11(9-17)16(2)3/h4-5,8,11,15H,6-7,9H2,1-3H3. The van der Waals surface area contributed by atoms with Gasteiger partial charge in [0.1, 0.15) is 5.69 Å². The fraction of sp³-hybridized carbons (Fsp3) is 0.500. The van der Waals surface area contributed by atoms with Crippen molar-refractivity contribution in [2.75, 3.05) is 39.5 Å². The number of anilines is 1. The average Bonchev–Trinajstić information content (AvgIpc) is 2.95. The first-order chi connectivity index (χ1) is 9.93. The molecule has 2 rings (SSSR count). The maximum atomic E-state index is 12.5. The van der Waals surface area contributed by atoms with Gasteiger partial charge < -0.3 is 15.1 Å². The minimum absolute atomic E-state index is 0.0771. The van der Waals surface area contributed by atoms with E-state index in [-0.39, 0.29) is 11.6 Å². The van der Waals surface area contributed by atoms with Crippen LogP contribution in [0.15, 0.2) is 18.2 Å². The lowest BCUT2D eigenvalue weighted by Gasteiger charge is -2.20. The normalized spacial score (nSPS) is 18.1. The SMILES string of the molecule is CNc1ccc(C(=O)N2CCC(N(C)C)C2)cc1[N+](=O)[O-]. The maximum absolute atomic E-state index is 12.5. The Morgan fingerprint density at radius 3 is 2.71 bits per heavy atom. The molecule has 0 aliphatic carbocycles. The molecule has 7 nitrogen and oxygen atoms in total. The number of nitrogens with zero attached hydrogens (tertiary/aromatic N) is 3. The van der Waals surface area contributed by atoms with Crippen molar-refractivity contribution < 1.29 is 9.72 Å². The van der Waals surface area contributed by atoms with Gasteiger partial charge in [-0.3, -0.25) is 14.9 Å². The molecule has 0 spiro atoms. The summed E-state index contributed by atoms with van der Waals surface area (Å²) in [5, 5.41) is 13.8. The number of hydrogen-bond acceptors (Lipinski definition) is 5. The number of nitro groups is 1. The monoisotopic (exact) mass is 292 g/mol. The van der Waals surface area contributed by atoms with E-state index in [4.69, 9.17) is 0 Å². The molecular weight excluding hydrogens is 272 g/mol. The highest BCUT2D eigenvalue weighted by molar-refractivity contribution is 5.96. The van der Waals surface area contributed by atoms with Gasteiger partial charge in [-0.1, -0.05) is 0 Å². The predicted octanol–water partition coefficient (Wildman–Crippen LogP) is 1.41. The molecule has 1 aliphatic rings. The van der Waals surface area contributed by atoms with E-state index in [2.05, 4.69) is 10.2 Å². The third-order valence-corrected chi connectivity index (χ3v) is 3.89. The first-order valence-electron chi connectivity index (χ1n) is 6.86. The van der Waals surface area contributed by atoms with E-state index in [9.17, 15) is 14.9 Å². The lowest BCUT2D eigenvalue weighted by molar-refractivity contribution is -0.384. The van der Waals surface area contributed by atoms with Crippen molar-refractivity contribution in [3.63, 3.8) is 0 Å². The number of rotatable bonds is 4. The van der Waals surface area contributed by atoms with Gasteiger partial charge in [-0.15, -0.1) is 0 Å². The van der Waals surface area contributed by atoms with Gasteiger partial charge in [-0.05, 0) is 32.6 Å². The van der Waals surface area contributed by atoms with Gasteiger partial charge in [0.25, 0.3) is 11.6 Å². The minimum Gasteiger partial charge on any atom is -0.383 e. The zero-order valence-corrected chi connectivity index (χ0v) is 12.5. The van der Waals surface area contributed by atoms with Crippen molar-refractivity contribution in [3.05, 3.63) is 33.9 Å². The Labute approximate surface area is 123 Å². The van der Waals surface area contributed by atoms with Crippen LogP contribution in [-0.2, 0) is 0 Å². The van der Waals surface area contributed by atoms with Crippen LogP contribution in [0.1, 0.15) is 16.8 Å². The molecule has 0 saturated carbocycles. The van der Waals surface area contributed by atoms with Crippen LogP contribution in [0.3, 0.4) is 0 Å². The summed E-state index contributed by atoms with van der Waals surface area (Å²) in [6.45, 7) is 1.34. The second-order valence-electron chi connectivity index (χ2n) is 5.40. The van der Waals surface area contributed by atoms with Gasteiger partial charge in [0, 0.05) is 37.8 Å². The second kappa shape index (κ2) is 6.09. The quantitative estimate of drug-likeness (QED) is 0.670. The van der Waals surface area contributed by atoms with Gasteiger partial charge in [-0.2, -0.15) is 0 Å². The average molecular weight is 292 g/mol. The van der Waals surface area contributed by atoms with Gasteiger partial charge in [0.2, 0.25) is 0 Å². The topological polar surface area (TPSA) is 78.7 Å². The van der Waals surface area contributed by atoms with Crippen LogP contribution in [0.4, 0.5) is 11.4 Å². The predicted molar refractivity (Wildman–Crippen MR) is 80.6 cm³/mol. The molecule has 1 unspecified atom stereocenters. The Morgan fingerprint density at radius 1 is 1.48 bits per heavy atom. The van der Waals surface area contributed by atoms with Gasteiger partial charge in [0.15, 0.2) is 0 Å². The largest absolute Gasteiger partial charge is 0.383 e. The summed E-state index contributed by atoms with van der Waals surface area (Å²) in [7, 11) is 5.60. The van der Waals surface area contributed by atoms with Crippen molar-refractivity contribution in [1.82, 2.24) is 9.80 Å². The summed E-state index contributed by atoms with van der Waals surface area (Å²) >= 11 is 0. The van der Waals surface area contributed by atoms with E-state index in [0.717, 1.165) is 6.42 Å². The van der Waals surface area contributed by atoms with E-state index in [0.29, 0.717) is 30.4 Å². The van der Waals surface area contributed by atoms with Crippen molar-refractivity contribution in [2.24, 2.45) is 0 Å². The molecule has 1 amide bonds. The van der Waals surface area contributed by atoms with Crippen molar-refractivity contribution in [2.45, 2.75) is 12.5 Å². The van der Waals surface area contributed by atoms with Crippen LogP contribution >= 0.6 is 0 Å². The molecule has 1 heterocycles. The third-order valence-electron chi connectivity index (χ3n) is 3.89. The molecule has 114 valence electrons. The molecule has 1 aliphatic heterocycles. The number of hydrogen-bond donors (Lipinski definition) is 1. The Kier molecular flexibility index (Phi) is 4.42. The van der Waals surface area contributed by atoms with Crippen LogP contribution < -0.4 is 5.32 Å². The zero-order chi connectivity index (χ0) is 15.6. The van der Waals surface area contributed by atoms with Gasteiger partial charge >= 0.3 is 0 Å². The summed E-state index contributed by atoms with van der Waals surface area (Å²) in [6.07, 6.45) is 0.926. The smallest absolute Gasteiger partial charge is 0.293 e. The van der Waals surface area contributed by atoms with E-state index >= 15 is 0 Å². The number of carbonyl (C=O) groups is 1. The third kappa shape index (κ3) is 3.13. The maximum Gasteiger partial charge on any atom is 0.293 e. The number of nitrogens with one attached hydrogen (secondary N) is 1. The molecular formula is C14H20N4O3. The molecule has 0 bridgehead atoms. The second-order valence-corrected chi connectivity index (χ2v) is 5.40. The highest BCUT2D eigenvalue weighted by atomic mass is 16.6. The summed E-state index contributed by atoms with van der Waals surface area (Å²) in [4.78, 5) is 26.9. The molecule has 1 aromatic rings. The Bertz CT molecular complexity index is 559. The molecule has 0 aromatic heterocycles. The Hall–Kier alpha value is -2.15. The van der Waals surface area contributed by atoms with E-state index < -0.39 is 4.92 Å². The molecule has 1 fully saturated rings. The van der Waals surface area contributed by atoms with Crippen molar-refractivity contribution in [1.29, 1.82) is 0 Å². The lowest BCUT2D eigenvalue weighted by atomic mass is 10.1. The molecule has 0 radical (unpaired) electrons. The van der Waals surface area contributed by atoms with E-state index in [1.807, 2.05) is 14.1 Å². The number of likely N-dealkylation sites (tertiary alicyclic amines) is 1. The first-order valence-corrected chi connectivity index (χ1v) is 6.86. The van der Waals surface area contributed by atoms with Crippen LogP contribution in [0.2, 0.25) is 0 Å². The number of nitro benzene ring substituents is 1. The number of carbonyl (C=O) groups excluding carboxylic acids is 1. The summed E-state index contributed by atoms with van der Waals surface area (Å²) in [5.41, 5.74) is 0.691. The number of benzene rings is 1. The number of amides is 1. The molecule has 1 aromatic carbocycles. The van der Waals surface area contributed by atoms with Gasteiger partial charge in [-0.25, -0.2) is 0 Å². The first kappa shape index (κ1) is 15.2. The molecule has 1 atom stereocenters. The summed E-state index contributed by atoms with van der Waals surface area (Å²) in [6, 6.07) is 4.90. The lowest BCUT2D eigenvalue weighted by Crippen LogP contribution is -2.34. The highest BCUT2D eigenvalue weighted by Crippen LogP contribution is 2.26. The van der Waals surface area contributed by atoms with Crippen LogP contribution in [0.5, 0.6) is 0 Å². The fourth-order valence-electron chi connectivity index (χ4n) is 2.56. The summed E-state index contributed by atoms with van der Waals surface area (Å²) < 4.78 is 0. The van der Waals surface area contributed by atoms with Gasteiger partial charge in [0.05, 0.1) is 4.92 Å². The van der Waals surface area contributed by atoms with Crippen LogP contribution in [0.25, 0.3) is 0 Å². The molecule has 1 saturated heterocycles. The van der Waals surface area contributed by atoms with Crippen LogP contribution in [0, 0.1) is 10.1 Å². The molecule has 21 heavy (non-hydrogen) atoms. The highest BCUT2D eigenvalue weighted by Gasteiger charge is 2.29. The minimum atomic E-state index is -0.477. The Balaban J connectivity index is 2.20. The van der Waals surface area contributed by atoms with E-state index in [1.54, 1.807) is 24.1 Å². The van der Waals surface area contributed by atoms with E-state index in [1.165, 1.54) is 6.07 Å². The zero-order valence-electron chi connectivity index (χ0n) is 12.5. The molecule has 7 heteroatoms. The molecule has 1 N–H and O–H groups in total.